The standard InChI is InChI=1S/C23H36N2O3/c1-22(2,3)24-20(26)19-9-7-8-18(16-19)11-10-17-12-14-25(15-13-17)21(27)28-23(4,5)6/h7-9,16-17H,10-15H2,1-6H3,(H,24,26). The molecule has 5 nitrogen and oxygen atoms in total. The zero-order valence-electron chi connectivity index (χ0n) is 18.3. The number of nitrogens with one attached hydrogen (secondary N) is 1. The first-order chi connectivity index (χ1) is 12.9. The third kappa shape index (κ3) is 7.53. The van der Waals surface area contributed by atoms with E-state index in [-0.39, 0.29) is 17.5 Å². The van der Waals surface area contributed by atoms with Gasteiger partial charge in [-0.1, -0.05) is 12.1 Å². The van der Waals surface area contributed by atoms with Gasteiger partial charge in [0.2, 0.25) is 0 Å². The zero-order valence-corrected chi connectivity index (χ0v) is 18.3. The van der Waals surface area contributed by atoms with Crippen LogP contribution >= 0.6 is 0 Å². The van der Waals surface area contributed by atoms with Crippen LogP contribution in [0.15, 0.2) is 24.3 Å². The summed E-state index contributed by atoms with van der Waals surface area (Å²) in [4.78, 5) is 26.3. The van der Waals surface area contributed by atoms with Crippen LogP contribution in [0, 0.1) is 5.92 Å². The van der Waals surface area contributed by atoms with Crippen molar-refractivity contribution in [2.45, 2.75) is 78.4 Å². The molecule has 2 amide bonds. The Labute approximate surface area is 169 Å². The summed E-state index contributed by atoms with van der Waals surface area (Å²) in [6, 6.07) is 7.91. The Hall–Kier alpha value is -2.04. The molecule has 1 aliphatic rings. The van der Waals surface area contributed by atoms with Crippen molar-refractivity contribution in [3.8, 4) is 0 Å². The second kappa shape index (κ2) is 8.97. The van der Waals surface area contributed by atoms with Crippen molar-refractivity contribution >= 4 is 12.0 Å². The molecule has 1 fully saturated rings. The number of amides is 2. The highest BCUT2D eigenvalue weighted by molar-refractivity contribution is 5.94. The van der Waals surface area contributed by atoms with Crippen molar-refractivity contribution in [3.05, 3.63) is 35.4 Å². The molecule has 0 atom stereocenters. The molecule has 1 saturated heterocycles. The smallest absolute Gasteiger partial charge is 0.410 e. The van der Waals surface area contributed by atoms with E-state index >= 15 is 0 Å². The van der Waals surface area contributed by atoms with Gasteiger partial charge in [-0.05, 0) is 90.8 Å². The molecule has 0 bridgehead atoms. The summed E-state index contributed by atoms with van der Waals surface area (Å²) >= 11 is 0. The van der Waals surface area contributed by atoms with E-state index in [0.717, 1.165) is 38.8 Å². The highest BCUT2D eigenvalue weighted by Gasteiger charge is 2.26. The number of hydrogen-bond acceptors (Lipinski definition) is 3. The minimum absolute atomic E-state index is 0.0278. The molecule has 2 rings (SSSR count). The minimum Gasteiger partial charge on any atom is -0.444 e. The Morgan fingerprint density at radius 2 is 1.75 bits per heavy atom. The van der Waals surface area contributed by atoms with Crippen LogP contribution < -0.4 is 5.32 Å². The summed E-state index contributed by atoms with van der Waals surface area (Å²) in [5.41, 5.74) is 1.22. The van der Waals surface area contributed by atoms with E-state index in [9.17, 15) is 9.59 Å². The highest BCUT2D eigenvalue weighted by atomic mass is 16.6. The Bertz CT molecular complexity index is 678. The summed E-state index contributed by atoms with van der Waals surface area (Å²) in [7, 11) is 0. The first-order valence-electron chi connectivity index (χ1n) is 10.3. The summed E-state index contributed by atoms with van der Waals surface area (Å²) in [5.74, 6) is 0.575. The molecular weight excluding hydrogens is 352 g/mol. The molecule has 1 aromatic rings. The second-order valence-corrected chi connectivity index (χ2v) is 9.85. The van der Waals surface area contributed by atoms with Gasteiger partial charge in [0.25, 0.3) is 5.91 Å². The number of benzene rings is 1. The Morgan fingerprint density at radius 1 is 1.11 bits per heavy atom. The van der Waals surface area contributed by atoms with Gasteiger partial charge in [-0.25, -0.2) is 4.79 Å². The van der Waals surface area contributed by atoms with Crippen molar-refractivity contribution in [1.29, 1.82) is 0 Å². The summed E-state index contributed by atoms with van der Waals surface area (Å²) in [6.45, 7) is 13.2. The second-order valence-electron chi connectivity index (χ2n) is 9.85. The lowest BCUT2D eigenvalue weighted by Crippen LogP contribution is -2.41. The summed E-state index contributed by atoms with van der Waals surface area (Å²) in [6.07, 6.45) is 3.83. The fraction of sp³-hybridized carbons (Fsp3) is 0.652. The fourth-order valence-corrected chi connectivity index (χ4v) is 3.38. The van der Waals surface area contributed by atoms with Crippen LogP contribution in [0.5, 0.6) is 0 Å². The number of likely N-dealkylation sites (tertiary alicyclic amines) is 1. The van der Waals surface area contributed by atoms with Crippen LogP contribution in [0.2, 0.25) is 0 Å². The molecule has 1 aliphatic heterocycles. The van der Waals surface area contributed by atoms with Crippen molar-refractivity contribution in [2.24, 2.45) is 5.92 Å². The molecule has 28 heavy (non-hydrogen) atoms. The maximum absolute atomic E-state index is 12.4. The quantitative estimate of drug-likeness (QED) is 0.806. The van der Waals surface area contributed by atoms with Crippen LogP contribution in [0.25, 0.3) is 0 Å². The van der Waals surface area contributed by atoms with Gasteiger partial charge in [-0.3, -0.25) is 4.79 Å². The topological polar surface area (TPSA) is 58.6 Å². The van der Waals surface area contributed by atoms with E-state index in [0.29, 0.717) is 11.5 Å². The molecule has 0 unspecified atom stereocenters. The van der Waals surface area contributed by atoms with Crippen LogP contribution in [-0.4, -0.2) is 41.1 Å². The van der Waals surface area contributed by atoms with E-state index in [2.05, 4.69) is 11.4 Å². The SMILES string of the molecule is CC(C)(C)NC(=O)c1cccc(CCC2CCN(C(=O)OC(C)(C)C)CC2)c1. The molecular formula is C23H36N2O3. The number of hydrogen-bond donors (Lipinski definition) is 1. The summed E-state index contributed by atoms with van der Waals surface area (Å²) < 4.78 is 5.46. The van der Waals surface area contributed by atoms with Crippen molar-refractivity contribution in [2.75, 3.05) is 13.1 Å². The van der Waals surface area contributed by atoms with E-state index in [4.69, 9.17) is 4.74 Å². The monoisotopic (exact) mass is 388 g/mol. The largest absolute Gasteiger partial charge is 0.444 e. The third-order valence-electron chi connectivity index (χ3n) is 4.79. The lowest BCUT2D eigenvalue weighted by molar-refractivity contribution is 0.0181. The lowest BCUT2D eigenvalue weighted by Gasteiger charge is -2.33. The number of carbonyl (C=O) groups excluding carboxylic acids is 2. The summed E-state index contributed by atoms with van der Waals surface area (Å²) in [5, 5.41) is 3.01. The number of aryl methyl sites for hydroxylation is 1. The maximum Gasteiger partial charge on any atom is 0.410 e. The highest BCUT2D eigenvalue weighted by Crippen LogP contribution is 2.24. The van der Waals surface area contributed by atoms with Gasteiger partial charge in [-0.2, -0.15) is 0 Å². The average molecular weight is 389 g/mol. The molecule has 0 saturated carbocycles. The molecule has 0 radical (unpaired) electrons. The first-order valence-corrected chi connectivity index (χ1v) is 10.3. The molecule has 0 aromatic heterocycles. The number of piperidine rings is 1. The van der Waals surface area contributed by atoms with Gasteiger partial charge >= 0.3 is 6.09 Å². The van der Waals surface area contributed by atoms with Crippen LogP contribution in [0.1, 0.15) is 76.7 Å². The van der Waals surface area contributed by atoms with Gasteiger partial charge in [0, 0.05) is 24.2 Å². The Kier molecular flexibility index (Phi) is 7.13. The Morgan fingerprint density at radius 3 is 2.32 bits per heavy atom. The van der Waals surface area contributed by atoms with Gasteiger partial charge in [-0.15, -0.1) is 0 Å². The number of rotatable bonds is 4. The number of carbonyl (C=O) groups is 2. The molecule has 1 N–H and O–H groups in total. The fourth-order valence-electron chi connectivity index (χ4n) is 3.38. The van der Waals surface area contributed by atoms with Gasteiger partial charge in [0.15, 0.2) is 0 Å². The molecule has 156 valence electrons. The van der Waals surface area contributed by atoms with Gasteiger partial charge in [0.05, 0.1) is 0 Å². The number of ether oxygens (including phenoxy) is 1. The van der Waals surface area contributed by atoms with E-state index in [1.807, 2.05) is 64.6 Å². The molecule has 0 spiro atoms. The van der Waals surface area contributed by atoms with Crippen LogP contribution in [-0.2, 0) is 11.2 Å². The van der Waals surface area contributed by atoms with Crippen LogP contribution in [0.4, 0.5) is 4.79 Å². The average Bonchev–Trinajstić information content (AvgIpc) is 2.58. The normalized spacial score (nSPS) is 16.0. The predicted octanol–water partition coefficient (Wildman–Crippen LogP) is 4.79. The molecule has 1 aromatic carbocycles. The Balaban J connectivity index is 1.82. The van der Waals surface area contributed by atoms with Crippen LogP contribution in [0.3, 0.4) is 0 Å². The van der Waals surface area contributed by atoms with E-state index in [1.165, 1.54) is 5.56 Å². The van der Waals surface area contributed by atoms with Crippen molar-refractivity contribution in [3.63, 3.8) is 0 Å². The van der Waals surface area contributed by atoms with Gasteiger partial charge in [0.1, 0.15) is 5.60 Å². The minimum atomic E-state index is -0.446. The zero-order chi connectivity index (χ0) is 20.9. The van der Waals surface area contributed by atoms with Gasteiger partial charge < -0.3 is 15.0 Å². The van der Waals surface area contributed by atoms with Crippen molar-refractivity contribution < 1.29 is 14.3 Å². The lowest BCUT2D eigenvalue weighted by atomic mass is 9.90. The predicted molar refractivity (Wildman–Crippen MR) is 113 cm³/mol. The van der Waals surface area contributed by atoms with E-state index < -0.39 is 5.60 Å². The third-order valence-corrected chi connectivity index (χ3v) is 4.79. The number of nitrogens with zero attached hydrogens (tertiary/aromatic N) is 1. The first kappa shape index (κ1) is 22.3. The van der Waals surface area contributed by atoms with Crippen molar-refractivity contribution in [1.82, 2.24) is 10.2 Å². The van der Waals surface area contributed by atoms with E-state index in [1.54, 1.807) is 0 Å². The molecule has 5 heteroatoms. The maximum atomic E-state index is 12.4. The molecule has 0 aliphatic carbocycles. The molecule has 1 heterocycles.